The number of nitrogen functional groups attached to an aromatic ring is 1. The van der Waals surface area contributed by atoms with Crippen LogP contribution in [0.25, 0.3) is 11.3 Å². The maximum absolute atomic E-state index is 13.3. The van der Waals surface area contributed by atoms with Crippen LogP contribution in [0.15, 0.2) is 34.9 Å². The van der Waals surface area contributed by atoms with E-state index in [1.54, 1.807) is 6.92 Å². The summed E-state index contributed by atoms with van der Waals surface area (Å²) in [6, 6.07) is 10.6. The predicted molar refractivity (Wildman–Crippen MR) is 107 cm³/mol. The summed E-state index contributed by atoms with van der Waals surface area (Å²) in [6.45, 7) is 1.96. The van der Waals surface area contributed by atoms with E-state index in [9.17, 15) is 14.9 Å². The lowest BCUT2D eigenvalue weighted by molar-refractivity contribution is -0.138. The third kappa shape index (κ3) is 3.23. The fraction of sp³-hybridized carbons (Fsp3) is 0.200. The van der Waals surface area contributed by atoms with E-state index in [1.165, 1.54) is 0 Å². The molecular weight excluding hydrogens is 392 g/mol. The lowest BCUT2D eigenvalue weighted by Crippen LogP contribution is -2.24. The molecule has 1 aromatic carbocycles. The van der Waals surface area contributed by atoms with Gasteiger partial charge in [-0.2, -0.15) is 5.26 Å². The summed E-state index contributed by atoms with van der Waals surface area (Å²) in [5.74, 6) is -0.423. The molecule has 1 saturated heterocycles. The molecule has 1 fully saturated rings. The molecule has 0 aliphatic carbocycles. The normalized spacial score (nSPS) is 15.7. The number of esters is 1. The van der Waals surface area contributed by atoms with E-state index in [0.717, 1.165) is 16.9 Å². The first-order valence-electron chi connectivity index (χ1n) is 8.83. The Bertz CT molecular complexity index is 1140. The fourth-order valence-electron chi connectivity index (χ4n) is 3.16. The molecule has 0 bridgehead atoms. The Morgan fingerprint density at radius 3 is 2.79 bits per heavy atom. The molecule has 8 nitrogen and oxygen atoms in total. The number of aryl methyl sites for hydroxylation is 1. The maximum Gasteiger partial charge on any atom is 0.328 e. The topological polar surface area (TPSA) is 131 Å². The van der Waals surface area contributed by atoms with Gasteiger partial charge in [-0.3, -0.25) is 4.79 Å². The van der Waals surface area contributed by atoms with Crippen LogP contribution in [0.2, 0.25) is 0 Å². The molecule has 0 amide bonds. The van der Waals surface area contributed by atoms with E-state index >= 15 is 0 Å². The zero-order valence-corrected chi connectivity index (χ0v) is 16.2. The molecule has 1 atom stereocenters. The van der Waals surface area contributed by atoms with Crippen LogP contribution in [0.4, 0.5) is 10.7 Å². The Labute approximate surface area is 169 Å². The average Bonchev–Trinajstić information content (AvgIpc) is 3.40. The van der Waals surface area contributed by atoms with Crippen molar-refractivity contribution in [2.75, 3.05) is 17.7 Å². The van der Waals surface area contributed by atoms with Gasteiger partial charge in [0.15, 0.2) is 0 Å². The van der Waals surface area contributed by atoms with Crippen LogP contribution in [-0.4, -0.2) is 29.6 Å². The quantitative estimate of drug-likeness (QED) is 0.486. The van der Waals surface area contributed by atoms with Crippen LogP contribution in [-0.2, 0) is 9.53 Å². The lowest BCUT2D eigenvalue weighted by atomic mass is 10.0. The summed E-state index contributed by atoms with van der Waals surface area (Å²) >= 11 is 1.03. The zero-order chi connectivity index (χ0) is 20.5. The highest BCUT2D eigenvalue weighted by Crippen LogP contribution is 2.39. The second-order valence-corrected chi connectivity index (χ2v) is 7.49. The molecule has 146 valence electrons. The number of nitrogens with one attached hydrogen (secondary N) is 1. The summed E-state index contributed by atoms with van der Waals surface area (Å²) < 4.78 is 10.2. The van der Waals surface area contributed by atoms with E-state index in [1.807, 2.05) is 36.4 Å². The summed E-state index contributed by atoms with van der Waals surface area (Å²) in [4.78, 5) is 25.3. The number of hydrogen-bond donors (Lipinski definition) is 2. The Morgan fingerprint density at radius 2 is 2.14 bits per heavy atom. The van der Waals surface area contributed by atoms with Gasteiger partial charge in [-0.05, 0) is 6.92 Å². The van der Waals surface area contributed by atoms with Gasteiger partial charge in [0.05, 0.1) is 17.9 Å². The summed E-state index contributed by atoms with van der Waals surface area (Å²) in [7, 11) is 0. The maximum atomic E-state index is 13.3. The molecule has 3 aromatic rings. The second-order valence-electron chi connectivity index (χ2n) is 6.47. The van der Waals surface area contributed by atoms with E-state index < -0.39 is 12.0 Å². The molecule has 0 radical (unpaired) electrons. The van der Waals surface area contributed by atoms with Crippen molar-refractivity contribution in [2.45, 2.75) is 19.4 Å². The highest BCUT2D eigenvalue weighted by molar-refractivity contribution is 7.19. The molecule has 0 saturated carbocycles. The summed E-state index contributed by atoms with van der Waals surface area (Å²) in [5, 5.41) is 16.9. The number of benzene rings is 1. The van der Waals surface area contributed by atoms with Crippen LogP contribution < -0.4 is 11.1 Å². The number of cyclic esters (lactones) is 1. The van der Waals surface area contributed by atoms with Gasteiger partial charge in [-0.15, -0.1) is 11.3 Å². The third-order valence-corrected chi connectivity index (χ3v) is 5.78. The number of anilines is 2. The first-order chi connectivity index (χ1) is 14.0. The number of aromatic nitrogens is 1. The highest BCUT2D eigenvalue weighted by atomic mass is 32.1. The highest BCUT2D eigenvalue weighted by Gasteiger charge is 2.31. The van der Waals surface area contributed by atoms with Crippen molar-refractivity contribution in [1.29, 1.82) is 5.26 Å². The first-order valence-corrected chi connectivity index (χ1v) is 9.64. The Hall–Kier alpha value is -3.64. The van der Waals surface area contributed by atoms with E-state index in [-0.39, 0.29) is 21.9 Å². The molecule has 3 heterocycles. The van der Waals surface area contributed by atoms with Crippen molar-refractivity contribution in [1.82, 2.24) is 5.16 Å². The Kier molecular flexibility index (Phi) is 4.78. The molecule has 4 rings (SSSR count). The van der Waals surface area contributed by atoms with E-state index in [2.05, 4.69) is 10.5 Å². The van der Waals surface area contributed by atoms with Gasteiger partial charge >= 0.3 is 5.97 Å². The molecule has 2 aromatic heterocycles. The van der Waals surface area contributed by atoms with Gasteiger partial charge in [0.25, 0.3) is 0 Å². The molecule has 29 heavy (non-hydrogen) atoms. The summed E-state index contributed by atoms with van der Waals surface area (Å²) in [6.07, 6.45) is 0.480. The number of nitrogens with two attached hydrogens (primary N) is 1. The number of hydrogen-bond acceptors (Lipinski definition) is 9. The van der Waals surface area contributed by atoms with Crippen LogP contribution in [0.3, 0.4) is 0 Å². The van der Waals surface area contributed by atoms with Gasteiger partial charge in [0, 0.05) is 12.0 Å². The first kappa shape index (κ1) is 18.7. The fourth-order valence-corrected chi connectivity index (χ4v) is 4.23. The largest absolute Gasteiger partial charge is 0.464 e. The summed E-state index contributed by atoms with van der Waals surface area (Å²) in [5.41, 5.74) is 7.76. The average molecular weight is 408 g/mol. The SMILES string of the molecule is Cc1onc(-c2ccccc2)c1C(=O)c1sc(NC2CCOC2=O)c(C#N)c1N. The smallest absolute Gasteiger partial charge is 0.328 e. The molecule has 1 aliphatic heterocycles. The third-order valence-electron chi connectivity index (χ3n) is 4.64. The number of nitrogens with zero attached hydrogens (tertiary/aromatic N) is 2. The lowest BCUT2D eigenvalue weighted by Gasteiger charge is -2.07. The molecule has 9 heteroatoms. The molecule has 1 aliphatic rings. The monoisotopic (exact) mass is 408 g/mol. The minimum absolute atomic E-state index is 0.0657. The molecule has 1 unspecified atom stereocenters. The molecular formula is C20H16N4O4S. The predicted octanol–water partition coefficient (Wildman–Crippen LogP) is 3.12. The van der Waals surface area contributed by atoms with Crippen molar-refractivity contribution >= 4 is 33.8 Å². The van der Waals surface area contributed by atoms with Crippen molar-refractivity contribution < 1.29 is 18.8 Å². The van der Waals surface area contributed by atoms with E-state index in [0.29, 0.717) is 35.0 Å². The van der Waals surface area contributed by atoms with Gasteiger partial charge in [0.2, 0.25) is 5.78 Å². The number of ketones is 1. The number of rotatable bonds is 5. The Morgan fingerprint density at radius 1 is 1.38 bits per heavy atom. The van der Waals surface area contributed by atoms with Crippen molar-refractivity contribution in [2.24, 2.45) is 0 Å². The van der Waals surface area contributed by atoms with Crippen LogP contribution in [0.5, 0.6) is 0 Å². The van der Waals surface area contributed by atoms with Crippen molar-refractivity contribution in [3.05, 3.63) is 52.1 Å². The van der Waals surface area contributed by atoms with Crippen molar-refractivity contribution in [3.63, 3.8) is 0 Å². The number of thiophene rings is 1. The van der Waals surface area contributed by atoms with Crippen LogP contribution in [0, 0.1) is 18.3 Å². The number of carbonyl (C=O) groups excluding carboxylic acids is 2. The number of ether oxygens (including phenoxy) is 1. The van der Waals surface area contributed by atoms with Gasteiger partial charge in [-0.25, -0.2) is 4.79 Å². The number of nitriles is 1. The number of carbonyl (C=O) groups is 2. The van der Waals surface area contributed by atoms with Crippen molar-refractivity contribution in [3.8, 4) is 17.3 Å². The Balaban J connectivity index is 1.75. The minimum Gasteiger partial charge on any atom is -0.464 e. The van der Waals surface area contributed by atoms with Gasteiger partial charge in [-0.1, -0.05) is 35.5 Å². The zero-order valence-electron chi connectivity index (χ0n) is 15.4. The second kappa shape index (κ2) is 7.41. The minimum atomic E-state index is -0.569. The standard InChI is InChI=1S/C20H16N4O4S/c1-10-14(16(24-28-10)11-5-3-2-4-6-11)17(25)18-15(22)12(9-21)19(29-18)23-13-7-8-27-20(13)26/h2-6,13,23H,7-8,22H2,1H3. The van der Waals surface area contributed by atoms with Gasteiger partial charge in [0.1, 0.15) is 39.0 Å². The van der Waals surface area contributed by atoms with Gasteiger partial charge < -0.3 is 20.3 Å². The molecule has 3 N–H and O–H groups in total. The van der Waals surface area contributed by atoms with Crippen LogP contribution >= 0.6 is 11.3 Å². The van der Waals surface area contributed by atoms with E-state index in [4.69, 9.17) is 15.0 Å². The van der Waals surface area contributed by atoms with Crippen LogP contribution in [0.1, 0.15) is 33.0 Å². The molecule has 0 spiro atoms.